The van der Waals surface area contributed by atoms with Crippen molar-refractivity contribution in [3.05, 3.63) is 66.1 Å². The van der Waals surface area contributed by atoms with Gasteiger partial charge in [-0.05, 0) is 57.0 Å². The first-order chi connectivity index (χ1) is 16.3. The van der Waals surface area contributed by atoms with Crippen LogP contribution in [0.5, 0.6) is 5.75 Å². The van der Waals surface area contributed by atoms with Crippen LogP contribution in [0.15, 0.2) is 59.0 Å². The van der Waals surface area contributed by atoms with Crippen LogP contribution in [0.4, 0.5) is 4.79 Å². The fourth-order valence-electron chi connectivity index (χ4n) is 3.71. The minimum Gasteiger partial charge on any atom is -0.484 e. The second-order valence-corrected chi connectivity index (χ2v) is 9.13. The molecule has 34 heavy (non-hydrogen) atoms. The summed E-state index contributed by atoms with van der Waals surface area (Å²) in [7, 11) is 0. The maximum absolute atomic E-state index is 11.9. The molecule has 2 heterocycles. The van der Waals surface area contributed by atoms with Gasteiger partial charge >= 0.3 is 6.16 Å². The smallest absolute Gasteiger partial charge is 0.484 e. The number of hydrogen-bond acceptors (Lipinski definition) is 9. The molecule has 9 nitrogen and oxygen atoms in total. The van der Waals surface area contributed by atoms with Crippen LogP contribution in [0.3, 0.4) is 0 Å². The Labute approximate surface area is 198 Å². The van der Waals surface area contributed by atoms with Crippen molar-refractivity contribution in [3.8, 4) is 17.2 Å². The average molecular weight is 468 g/mol. The van der Waals surface area contributed by atoms with E-state index in [1.807, 2.05) is 54.6 Å². The van der Waals surface area contributed by atoms with Crippen molar-refractivity contribution in [3.63, 3.8) is 0 Å². The molecule has 1 aromatic heterocycles. The lowest BCUT2D eigenvalue weighted by Crippen LogP contribution is -2.44. The minimum atomic E-state index is -0.767. The number of aromatic nitrogens is 2. The molecule has 1 aliphatic heterocycles. The summed E-state index contributed by atoms with van der Waals surface area (Å²) in [6.07, 6.45) is -0.816. The van der Waals surface area contributed by atoms with Crippen molar-refractivity contribution in [1.82, 2.24) is 15.3 Å². The Balaban J connectivity index is 1.28. The molecule has 0 bridgehead atoms. The van der Waals surface area contributed by atoms with Gasteiger partial charge in [-0.2, -0.15) is 0 Å². The fraction of sp³-hybridized carbons (Fsp3) is 0.400. The summed E-state index contributed by atoms with van der Waals surface area (Å²) in [5, 5.41) is 20.2. The molecular formula is C25H29N3O6. The summed E-state index contributed by atoms with van der Waals surface area (Å²) in [6, 6.07) is 17.1. The van der Waals surface area contributed by atoms with Gasteiger partial charge in [0.1, 0.15) is 11.4 Å². The van der Waals surface area contributed by atoms with Crippen molar-refractivity contribution in [1.29, 1.82) is 0 Å². The third-order valence-corrected chi connectivity index (χ3v) is 5.30. The molecule has 2 unspecified atom stereocenters. The number of hydroxylamine groups is 2. The number of aliphatic hydroxyl groups excluding tert-OH is 1. The number of nitrogens with zero attached hydrogens (tertiary/aromatic N) is 3. The van der Waals surface area contributed by atoms with Crippen LogP contribution in [0.2, 0.25) is 0 Å². The predicted molar refractivity (Wildman–Crippen MR) is 123 cm³/mol. The first kappa shape index (κ1) is 23.7. The van der Waals surface area contributed by atoms with Gasteiger partial charge in [0.15, 0.2) is 6.61 Å². The van der Waals surface area contributed by atoms with Crippen LogP contribution in [0.1, 0.15) is 44.6 Å². The summed E-state index contributed by atoms with van der Waals surface area (Å²) in [4.78, 5) is 17.1. The van der Waals surface area contributed by atoms with Gasteiger partial charge in [0.05, 0.1) is 12.6 Å². The number of carbonyl (C=O) groups excluding carboxylic acids is 1. The van der Waals surface area contributed by atoms with Crippen LogP contribution in [-0.4, -0.2) is 51.3 Å². The Kier molecular flexibility index (Phi) is 7.14. The number of carbonyl (C=O) groups is 1. The van der Waals surface area contributed by atoms with E-state index in [-0.39, 0.29) is 19.1 Å². The predicted octanol–water partition coefficient (Wildman–Crippen LogP) is 4.33. The van der Waals surface area contributed by atoms with Gasteiger partial charge in [-0.15, -0.1) is 15.3 Å². The van der Waals surface area contributed by atoms with Crippen molar-refractivity contribution < 1.29 is 28.6 Å². The topological polar surface area (TPSA) is 107 Å². The van der Waals surface area contributed by atoms with Gasteiger partial charge < -0.3 is 23.8 Å². The second-order valence-electron chi connectivity index (χ2n) is 9.13. The molecule has 3 aromatic rings. The zero-order chi connectivity index (χ0) is 24.1. The van der Waals surface area contributed by atoms with Gasteiger partial charge in [-0.1, -0.05) is 30.3 Å². The summed E-state index contributed by atoms with van der Waals surface area (Å²) in [5.74, 6) is 1.42. The Morgan fingerprint density at radius 1 is 1.12 bits per heavy atom. The van der Waals surface area contributed by atoms with E-state index in [4.69, 9.17) is 18.7 Å². The lowest BCUT2D eigenvalue weighted by molar-refractivity contribution is -0.170. The van der Waals surface area contributed by atoms with E-state index in [0.717, 1.165) is 11.1 Å². The van der Waals surface area contributed by atoms with E-state index >= 15 is 0 Å². The standard InChI is InChI=1S/C25H29N3O6/c1-25(2,3)33-24(30)34-28-14-13-20(21(29)15-28)17-9-11-19(12-10-17)31-16-22-26-27-23(32-22)18-7-5-4-6-8-18/h4-12,20-21,29H,13-16H2,1-3H3. The number of piperidine rings is 1. The SMILES string of the molecule is CC(C)(C)OC(=O)ON1CCC(c2ccc(OCc3nnc(-c4ccccc4)o3)cc2)C(O)C1. The summed E-state index contributed by atoms with van der Waals surface area (Å²) in [6.45, 7) is 6.18. The normalized spacial score (nSPS) is 18.9. The average Bonchev–Trinajstić information content (AvgIpc) is 3.27. The van der Waals surface area contributed by atoms with Crippen molar-refractivity contribution in [2.24, 2.45) is 0 Å². The molecule has 0 radical (unpaired) electrons. The van der Waals surface area contributed by atoms with Crippen LogP contribution < -0.4 is 4.74 Å². The van der Waals surface area contributed by atoms with Gasteiger partial charge in [0, 0.05) is 18.0 Å². The first-order valence-electron chi connectivity index (χ1n) is 11.2. The highest BCUT2D eigenvalue weighted by Gasteiger charge is 2.32. The van der Waals surface area contributed by atoms with E-state index in [1.54, 1.807) is 20.8 Å². The van der Waals surface area contributed by atoms with Gasteiger partial charge in [0.25, 0.3) is 5.89 Å². The highest BCUT2D eigenvalue weighted by atomic mass is 16.8. The van der Waals surface area contributed by atoms with Gasteiger partial charge in [-0.25, -0.2) is 4.79 Å². The maximum Gasteiger partial charge on any atom is 0.528 e. The van der Waals surface area contributed by atoms with Crippen molar-refractivity contribution in [2.45, 2.75) is 51.4 Å². The largest absolute Gasteiger partial charge is 0.528 e. The van der Waals surface area contributed by atoms with E-state index in [0.29, 0.717) is 30.5 Å². The molecule has 2 atom stereocenters. The number of ether oxygens (including phenoxy) is 2. The van der Waals surface area contributed by atoms with Gasteiger partial charge in [-0.3, -0.25) is 0 Å². The molecule has 0 spiro atoms. The number of aliphatic hydroxyl groups is 1. The highest BCUT2D eigenvalue weighted by molar-refractivity contribution is 5.60. The monoisotopic (exact) mass is 467 g/mol. The van der Waals surface area contributed by atoms with Crippen molar-refractivity contribution in [2.75, 3.05) is 13.1 Å². The highest BCUT2D eigenvalue weighted by Crippen LogP contribution is 2.30. The quantitative estimate of drug-likeness (QED) is 0.530. The van der Waals surface area contributed by atoms with Crippen LogP contribution >= 0.6 is 0 Å². The second kappa shape index (κ2) is 10.2. The zero-order valence-electron chi connectivity index (χ0n) is 19.5. The lowest BCUT2D eigenvalue weighted by atomic mass is 9.88. The number of β-amino-alcohol motifs (C(OH)–C–C–N with tert-alkyl or cyclic N) is 1. The molecule has 2 aromatic carbocycles. The molecule has 0 aliphatic carbocycles. The fourth-order valence-corrected chi connectivity index (χ4v) is 3.71. The minimum absolute atomic E-state index is 0.0723. The first-order valence-corrected chi connectivity index (χ1v) is 11.2. The third kappa shape index (κ3) is 6.33. The number of hydrogen-bond donors (Lipinski definition) is 1. The summed E-state index contributed by atoms with van der Waals surface area (Å²) < 4.78 is 16.6. The Bertz CT molecular complexity index is 1080. The Morgan fingerprint density at radius 3 is 2.53 bits per heavy atom. The Morgan fingerprint density at radius 2 is 1.85 bits per heavy atom. The molecular weight excluding hydrogens is 438 g/mol. The summed E-state index contributed by atoms with van der Waals surface area (Å²) >= 11 is 0. The molecule has 1 saturated heterocycles. The molecule has 1 aliphatic rings. The molecule has 9 heteroatoms. The van der Waals surface area contributed by atoms with E-state index < -0.39 is 17.9 Å². The van der Waals surface area contributed by atoms with Crippen LogP contribution in [0.25, 0.3) is 11.5 Å². The lowest BCUT2D eigenvalue weighted by Gasteiger charge is -2.34. The molecule has 180 valence electrons. The van der Waals surface area contributed by atoms with Crippen molar-refractivity contribution >= 4 is 6.16 Å². The van der Waals surface area contributed by atoms with E-state index in [1.165, 1.54) is 5.06 Å². The van der Waals surface area contributed by atoms with Crippen LogP contribution in [-0.2, 0) is 16.2 Å². The number of benzene rings is 2. The third-order valence-electron chi connectivity index (χ3n) is 5.30. The molecule has 1 fully saturated rings. The van der Waals surface area contributed by atoms with Gasteiger partial charge in [0.2, 0.25) is 5.89 Å². The summed E-state index contributed by atoms with van der Waals surface area (Å²) in [5.41, 5.74) is 1.21. The molecule has 0 saturated carbocycles. The number of rotatable bonds is 6. The Hall–Kier alpha value is -3.43. The van der Waals surface area contributed by atoms with Crippen LogP contribution in [0, 0.1) is 0 Å². The molecule has 4 rings (SSSR count). The molecule has 1 N–H and O–H groups in total. The molecule has 0 amide bonds. The zero-order valence-corrected chi connectivity index (χ0v) is 19.5. The van der Waals surface area contributed by atoms with E-state index in [2.05, 4.69) is 10.2 Å². The van der Waals surface area contributed by atoms with E-state index in [9.17, 15) is 9.90 Å². The maximum atomic E-state index is 11.9.